The van der Waals surface area contributed by atoms with Crippen LogP contribution in [0.1, 0.15) is 17.5 Å². The fourth-order valence-electron chi connectivity index (χ4n) is 1.58. The van der Waals surface area contributed by atoms with Crippen LogP contribution in [0.5, 0.6) is 0 Å². The van der Waals surface area contributed by atoms with E-state index in [0.29, 0.717) is 4.47 Å². The minimum absolute atomic E-state index is 0.605. The van der Waals surface area contributed by atoms with Gasteiger partial charge >= 0.3 is 0 Å². The highest BCUT2D eigenvalue weighted by Gasteiger charge is 2.07. The van der Waals surface area contributed by atoms with E-state index < -0.39 is 0 Å². The molecule has 2 heterocycles. The number of halogens is 1. The maximum atomic E-state index is 5.82. The van der Waals surface area contributed by atoms with E-state index in [-0.39, 0.29) is 0 Å². The molecule has 0 N–H and O–H groups in total. The lowest BCUT2D eigenvalue weighted by Crippen LogP contribution is -2.22. The maximum Gasteiger partial charge on any atom is 0.183 e. The monoisotopic (exact) mass is 267 g/mol. The van der Waals surface area contributed by atoms with Crippen LogP contribution < -0.4 is 0 Å². The van der Waals surface area contributed by atoms with E-state index in [9.17, 15) is 0 Å². The van der Waals surface area contributed by atoms with Crippen LogP contribution in [-0.2, 0) is 13.1 Å². The molecule has 0 saturated heterocycles. The van der Waals surface area contributed by atoms with E-state index in [1.54, 1.807) is 0 Å². The number of nitrogens with zero attached hydrogens (tertiary/aromatic N) is 3. The Balaban J connectivity index is 1.98. The van der Waals surface area contributed by atoms with E-state index in [0.717, 1.165) is 25.3 Å². The topological polar surface area (TPSA) is 29.0 Å². The first-order valence-electron chi connectivity index (χ1n) is 5.50. The van der Waals surface area contributed by atoms with Gasteiger partial charge in [-0.3, -0.25) is 9.88 Å². The van der Waals surface area contributed by atoms with Crippen LogP contribution in [0.3, 0.4) is 0 Å². The van der Waals surface area contributed by atoms with Crippen LogP contribution >= 0.6 is 22.9 Å². The van der Waals surface area contributed by atoms with E-state index in [4.69, 9.17) is 11.6 Å². The third-order valence-electron chi connectivity index (χ3n) is 2.46. The molecular formula is C12H14ClN3S. The van der Waals surface area contributed by atoms with Gasteiger partial charge in [-0.05, 0) is 18.7 Å². The summed E-state index contributed by atoms with van der Waals surface area (Å²) in [5.74, 6) is 0. The highest BCUT2D eigenvalue weighted by molar-refractivity contribution is 7.15. The molecule has 90 valence electrons. The van der Waals surface area contributed by atoms with Crippen LogP contribution in [0.25, 0.3) is 0 Å². The van der Waals surface area contributed by atoms with Crippen molar-refractivity contribution >= 4 is 22.9 Å². The lowest BCUT2D eigenvalue weighted by atomic mass is 10.3. The Morgan fingerprint density at radius 2 is 2.18 bits per heavy atom. The Labute approximate surface area is 110 Å². The van der Waals surface area contributed by atoms with Crippen LogP contribution in [-0.4, -0.2) is 21.4 Å². The maximum absolute atomic E-state index is 5.82. The first-order valence-corrected chi connectivity index (χ1v) is 6.70. The molecule has 0 atom stereocenters. The van der Waals surface area contributed by atoms with Crippen molar-refractivity contribution < 1.29 is 0 Å². The van der Waals surface area contributed by atoms with Crippen LogP contribution in [0, 0.1) is 0 Å². The van der Waals surface area contributed by atoms with Gasteiger partial charge < -0.3 is 0 Å². The quantitative estimate of drug-likeness (QED) is 0.833. The number of thiazole rings is 1. The van der Waals surface area contributed by atoms with Crippen molar-refractivity contribution in [2.75, 3.05) is 6.54 Å². The fourth-order valence-corrected chi connectivity index (χ4v) is 2.60. The van der Waals surface area contributed by atoms with Crippen molar-refractivity contribution in [3.63, 3.8) is 0 Å². The molecule has 0 amide bonds. The Morgan fingerprint density at radius 1 is 1.29 bits per heavy atom. The number of rotatable bonds is 5. The molecule has 2 aromatic rings. The molecule has 0 aliphatic heterocycles. The van der Waals surface area contributed by atoms with Gasteiger partial charge in [0.1, 0.15) is 0 Å². The molecule has 0 spiro atoms. The van der Waals surface area contributed by atoms with Gasteiger partial charge in [-0.2, -0.15) is 0 Å². The predicted octanol–water partition coefficient (Wildman–Crippen LogP) is 3.21. The predicted molar refractivity (Wildman–Crippen MR) is 71.1 cm³/mol. The SMILES string of the molecule is CCN(Cc1ccccn1)Cc1cnc(Cl)s1. The third kappa shape index (κ3) is 3.77. The molecule has 5 heteroatoms. The summed E-state index contributed by atoms with van der Waals surface area (Å²) in [5, 5.41) is 0. The van der Waals surface area contributed by atoms with Crippen molar-refractivity contribution in [2.45, 2.75) is 20.0 Å². The van der Waals surface area contributed by atoms with E-state index >= 15 is 0 Å². The zero-order valence-corrected chi connectivity index (χ0v) is 11.2. The van der Waals surface area contributed by atoms with Gasteiger partial charge in [0.15, 0.2) is 4.47 Å². The summed E-state index contributed by atoms with van der Waals surface area (Å²) in [6.07, 6.45) is 3.67. The van der Waals surface area contributed by atoms with Gasteiger partial charge in [0, 0.05) is 30.4 Å². The van der Waals surface area contributed by atoms with Crippen molar-refractivity contribution in [3.05, 3.63) is 45.6 Å². The average Bonchev–Trinajstić information content (AvgIpc) is 2.75. The molecular weight excluding hydrogens is 254 g/mol. The van der Waals surface area contributed by atoms with Gasteiger partial charge in [-0.1, -0.05) is 24.6 Å². The minimum atomic E-state index is 0.605. The molecule has 0 fully saturated rings. The van der Waals surface area contributed by atoms with Gasteiger partial charge in [0.05, 0.1) is 5.69 Å². The molecule has 2 rings (SSSR count). The van der Waals surface area contributed by atoms with Crippen molar-refractivity contribution in [1.82, 2.24) is 14.9 Å². The average molecular weight is 268 g/mol. The first kappa shape index (κ1) is 12.5. The molecule has 0 bridgehead atoms. The molecule has 0 aliphatic rings. The van der Waals surface area contributed by atoms with Gasteiger partial charge in [0.25, 0.3) is 0 Å². The second kappa shape index (κ2) is 6.10. The summed E-state index contributed by atoms with van der Waals surface area (Å²) in [6.45, 7) is 4.85. The highest BCUT2D eigenvalue weighted by atomic mass is 35.5. The Morgan fingerprint density at radius 3 is 2.76 bits per heavy atom. The van der Waals surface area contributed by atoms with Crippen molar-refractivity contribution in [3.8, 4) is 0 Å². The normalized spacial score (nSPS) is 11.0. The van der Waals surface area contributed by atoms with Crippen molar-refractivity contribution in [1.29, 1.82) is 0 Å². The van der Waals surface area contributed by atoms with Gasteiger partial charge in [0.2, 0.25) is 0 Å². The summed E-state index contributed by atoms with van der Waals surface area (Å²) in [4.78, 5) is 11.9. The van der Waals surface area contributed by atoms with Crippen LogP contribution in [0.4, 0.5) is 0 Å². The summed E-state index contributed by atoms with van der Waals surface area (Å²) in [7, 11) is 0. The number of hydrogen-bond acceptors (Lipinski definition) is 4. The number of pyridine rings is 1. The smallest absolute Gasteiger partial charge is 0.183 e. The Hall–Kier alpha value is -0.970. The zero-order chi connectivity index (χ0) is 12.1. The molecule has 0 aliphatic carbocycles. The van der Waals surface area contributed by atoms with Crippen LogP contribution in [0.2, 0.25) is 4.47 Å². The molecule has 0 aromatic carbocycles. The Kier molecular flexibility index (Phi) is 4.48. The molecule has 17 heavy (non-hydrogen) atoms. The Bertz CT molecular complexity index is 458. The second-order valence-electron chi connectivity index (χ2n) is 3.70. The summed E-state index contributed by atoms with van der Waals surface area (Å²) in [6, 6.07) is 5.99. The molecule has 0 saturated carbocycles. The van der Waals surface area contributed by atoms with E-state index in [1.165, 1.54) is 16.2 Å². The lowest BCUT2D eigenvalue weighted by molar-refractivity contribution is 0.270. The molecule has 3 nitrogen and oxygen atoms in total. The third-order valence-corrected chi connectivity index (χ3v) is 3.56. The van der Waals surface area contributed by atoms with E-state index in [1.807, 2.05) is 30.6 Å². The highest BCUT2D eigenvalue weighted by Crippen LogP contribution is 2.19. The summed E-state index contributed by atoms with van der Waals surface area (Å²) in [5.41, 5.74) is 1.09. The van der Waals surface area contributed by atoms with Gasteiger partial charge in [-0.25, -0.2) is 4.98 Å². The largest absolute Gasteiger partial charge is 0.293 e. The molecule has 2 aromatic heterocycles. The second-order valence-corrected chi connectivity index (χ2v) is 5.40. The zero-order valence-electron chi connectivity index (χ0n) is 9.64. The fraction of sp³-hybridized carbons (Fsp3) is 0.333. The van der Waals surface area contributed by atoms with Gasteiger partial charge in [-0.15, -0.1) is 11.3 Å². The standard InChI is InChI=1S/C12H14ClN3S/c1-2-16(8-10-5-3-4-6-14-10)9-11-7-15-12(13)17-11/h3-7H,2,8-9H2,1H3. The van der Waals surface area contributed by atoms with Crippen LogP contribution in [0.15, 0.2) is 30.6 Å². The van der Waals surface area contributed by atoms with E-state index in [2.05, 4.69) is 21.8 Å². The molecule has 0 radical (unpaired) electrons. The first-order chi connectivity index (χ1) is 8.28. The summed E-state index contributed by atoms with van der Waals surface area (Å²) >= 11 is 7.36. The summed E-state index contributed by atoms with van der Waals surface area (Å²) < 4.78 is 0.605. The minimum Gasteiger partial charge on any atom is -0.293 e. The molecule has 0 unspecified atom stereocenters. The van der Waals surface area contributed by atoms with Crippen molar-refractivity contribution in [2.24, 2.45) is 0 Å². The number of aromatic nitrogens is 2. The number of hydrogen-bond donors (Lipinski definition) is 0. The lowest BCUT2D eigenvalue weighted by Gasteiger charge is -2.18.